The van der Waals surface area contributed by atoms with E-state index in [1.807, 2.05) is 6.92 Å². The van der Waals surface area contributed by atoms with Gasteiger partial charge in [-0.15, -0.1) is 0 Å². The number of hydrogen-bond donors (Lipinski definition) is 1. The number of benzene rings is 1. The Morgan fingerprint density at radius 1 is 1.39 bits per heavy atom. The number of halogens is 1. The third-order valence-electron chi connectivity index (χ3n) is 4.34. The summed E-state index contributed by atoms with van der Waals surface area (Å²) in [6, 6.07) is 5.81. The molecule has 2 atom stereocenters. The number of carbonyl (C=O) groups is 1. The molecule has 2 N–H and O–H groups in total. The highest BCUT2D eigenvalue weighted by atomic mass is 19.1. The second-order valence-electron chi connectivity index (χ2n) is 5.93. The number of nitrogens with zero attached hydrogens (tertiary/aromatic N) is 2. The number of ether oxygens (including phenoxy) is 1. The zero-order valence-corrected chi connectivity index (χ0v) is 13.9. The number of piperazine rings is 1. The Kier molecular flexibility index (Phi) is 6.50. The number of amides is 1. The van der Waals surface area contributed by atoms with Crippen LogP contribution in [0.1, 0.15) is 25.5 Å². The molecule has 5 nitrogen and oxygen atoms in total. The first-order valence-corrected chi connectivity index (χ1v) is 8.13. The second-order valence-corrected chi connectivity index (χ2v) is 5.93. The van der Waals surface area contributed by atoms with E-state index in [0.717, 1.165) is 45.0 Å². The topological polar surface area (TPSA) is 58.8 Å². The molecular weight excluding hydrogens is 297 g/mol. The van der Waals surface area contributed by atoms with Gasteiger partial charge in [0.05, 0.1) is 6.61 Å². The molecule has 6 heteroatoms. The number of nitrogens with two attached hydrogens (primary N) is 1. The van der Waals surface area contributed by atoms with Gasteiger partial charge in [0.2, 0.25) is 5.91 Å². The van der Waals surface area contributed by atoms with Gasteiger partial charge in [-0.2, -0.15) is 0 Å². The molecule has 0 spiro atoms. The fraction of sp³-hybridized carbons (Fsp3) is 0.588. The molecule has 1 saturated heterocycles. The summed E-state index contributed by atoms with van der Waals surface area (Å²) in [6.45, 7) is 8.82. The van der Waals surface area contributed by atoms with E-state index in [9.17, 15) is 9.18 Å². The van der Waals surface area contributed by atoms with E-state index in [1.54, 1.807) is 12.1 Å². The number of hydrogen-bond acceptors (Lipinski definition) is 4. The molecule has 0 radical (unpaired) electrons. The lowest BCUT2D eigenvalue weighted by Gasteiger charge is -2.42. The van der Waals surface area contributed by atoms with E-state index in [4.69, 9.17) is 10.5 Å². The summed E-state index contributed by atoms with van der Waals surface area (Å²) in [5.41, 5.74) is 6.35. The van der Waals surface area contributed by atoms with Crippen LogP contribution in [0.5, 0.6) is 0 Å². The van der Waals surface area contributed by atoms with Gasteiger partial charge in [-0.25, -0.2) is 4.39 Å². The molecule has 0 saturated carbocycles. The van der Waals surface area contributed by atoms with E-state index >= 15 is 0 Å². The van der Waals surface area contributed by atoms with Crippen LogP contribution in [0.2, 0.25) is 0 Å². The first-order valence-electron chi connectivity index (χ1n) is 8.13. The fourth-order valence-corrected chi connectivity index (χ4v) is 3.12. The Labute approximate surface area is 137 Å². The minimum atomic E-state index is -0.507. The average molecular weight is 323 g/mol. The summed E-state index contributed by atoms with van der Waals surface area (Å²) in [6.07, 6.45) is 0. The lowest BCUT2D eigenvalue weighted by Crippen LogP contribution is -2.55. The Hall–Kier alpha value is -1.50. The molecule has 1 aromatic carbocycles. The predicted octanol–water partition coefficient (Wildman–Crippen LogP) is 1.39. The molecule has 0 aromatic heterocycles. The van der Waals surface area contributed by atoms with Crippen molar-refractivity contribution < 1.29 is 13.9 Å². The van der Waals surface area contributed by atoms with Crippen molar-refractivity contribution in [1.29, 1.82) is 0 Å². The Morgan fingerprint density at radius 2 is 2.09 bits per heavy atom. The van der Waals surface area contributed by atoms with Crippen LogP contribution in [-0.4, -0.2) is 61.1 Å². The van der Waals surface area contributed by atoms with E-state index < -0.39 is 11.9 Å². The second kappa shape index (κ2) is 8.38. The average Bonchev–Trinajstić information content (AvgIpc) is 2.51. The Morgan fingerprint density at radius 3 is 2.65 bits per heavy atom. The van der Waals surface area contributed by atoms with Crippen molar-refractivity contribution in [3.05, 3.63) is 35.6 Å². The first-order chi connectivity index (χ1) is 11.0. The summed E-state index contributed by atoms with van der Waals surface area (Å²) < 4.78 is 18.5. The Bertz CT molecular complexity index is 509. The van der Waals surface area contributed by atoms with Gasteiger partial charge < -0.3 is 10.5 Å². The van der Waals surface area contributed by atoms with Crippen LogP contribution in [-0.2, 0) is 9.53 Å². The van der Waals surface area contributed by atoms with Gasteiger partial charge in [-0.3, -0.25) is 14.6 Å². The van der Waals surface area contributed by atoms with Crippen LogP contribution >= 0.6 is 0 Å². The van der Waals surface area contributed by atoms with Crippen molar-refractivity contribution in [2.45, 2.75) is 25.9 Å². The molecule has 1 aromatic rings. The quantitative estimate of drug-likeness (QED) is 0.771. The summed E-state index contributed by atoms with van der Waals surface area (Å²) in [5.74, 6) is -0.711. The number of rotatable bonds is 7. The summed E-state index contributed by atoms with van der Waals surface area (Å²) >= 11 is 0. The Balaban J connectivity index is 2.02. The van der Waals surface area contributed by atoms with Crippen molar-refractivity contribution >= 4 is 5.91 Å². The maximum Gasteiger partial charge on any atom is 0.239 e. The molecule has 1 amide bonds. The SMILES string of the molecule is CCOCCN1CCN([C@H](C(N)=O)c2ccc(F)cc2)C[C@@H]1C. The summed E-state index contributed by atoms with van der Waals surface area (Å²) in [7, 11) is 0. The highest BCUT2D eigenvalue weighted by molar-refractivity contribution is 5.81. The molecule has 0 aliphatic carbocycles. The van der Waals surface area contributed by atoms with Gasteiger partial charge in [0.25, 0.3) is 0 Å². The zero-order chi connectivity index (χ0) is 16.8. The largest absolute Gasteiger partial charge is 0.380 e. The first kappa shape index (κ1) is 17.8. The lowest BCUT2D eigenvalue weighted by atomic mass is 10.0. The monoisotopic (exact) mass is 323 g/mol. The van der Waals surface area contributed by atoms with Crippen LogP contribution < -0.4 is 5.73 Å². The smallest absolute Gasteiger partial charge is 0.239 e. The lowest BCUT2D eigenvalue weighted by molar-refractivity contribution is -0.124. The molecule has 23 heavy (non-hydrogen) atoms. The standard InChI is InChI=1S/C17H26FN3O2/c1-3-23-11-10-20-8-9-21(12-13(20)2)16(17(19)22)14-4-6-15(18)7-5-14/h4-7,13,16H,3,8-12H2,1-2H3,(H2,19,22)/t13-,16-/m0/s1. The molecule has 128 valence electrons. The third-order valence-corrected chi connectivity index (χ3v) is 4.34. The molecule has 1 aliphatic rings. The van der Waals surface area contributed by atoms with E-state index in [1.165, 1.54) is 12.1 Å². The van der Waals surface area contributed by atoms with E-state index in [2.05, 4.69) is 16.7 Å². The highest BCUT2D eigenvalue weighted by Gasteiger charge is 2.32. The van der Waals surface area contributed by atoms with Crippen LogP contribution in [0.3, 0.4) is 0 Å². The molecule has 1 fully saturated rings. The minimum absolute atomic E-state index is 0.312. The molecule has 0 unspecified atom stereocenters. The summed E-state index contributed by atoms with van der Waals surface area (Å²) in [4.78, 5) is 16.4. The van der Waals surface area contributed by atoms with Gasteiger partial charge in [0.15, 0.2) is 0 Å². The van der Waals surface area contributed by atoms with Crippen molar-refractivity contribution in [2.24, 2.45) is 5.73 Å². The van der Waals surface area contributed by atoms with Gasteiger partial charge in [0.1, 0.15) is 11.9 Å². The number of primary amides is 1. The zero-order valence-electron chi connectivity index (χ0n) is 13.9. The van der Waals surface area contributed by atoms with Crippen molar-refractivity contribution in [2.75, 3.05) is 39.4 Å². The fourth-order valence-electron chi connectivity index (χ4n) is 3.12. The maximum atomic E-state index is 13.1. The van der Waals surface area contributed by atoms with Crippen LogP contribution in [0.25, 0.3) is 0 Å². The van der Waals surface area contributed by atoms with E-state index in [0.29, 0.717) is 6.04 Å². The predicted molar refractivity (Wildman–Crippen MR) is 87.4 cm³/mol. The van der Waals surface area contributed by atoms with Crippen molar-refractivity contribution in [3.8, 4) is 0 Å². The van der Waals surface area contributed by atoms with Gasteiger partial charge in [-0.1, -0.05) is 12.1 Å². The third kappa shape index (κ3) is 4.73. The molecule has 1 aliphatic heterocycles. The van der Waals surface area contributed by atoms with Crippen LogP contribution in [0.15, 0.2) is 24.3 Å². The highest BCUT2D eigenvalue weighted by Crippen LogP contribution is 2.24. The molecule has 0 bridgehead atoms. The van der Waals surface area contributed by atoms with E-state index in [-0.39, 0.29) is 5.82 Å². The maximum absolute atomic E-state index is 13.1. The molecular formula is C17H26FN3O2. The number of carbonyl (C=O) groups excluding carboxylic acids is 1. The van der Waals surface area contributed by atoms with Crippen molar-refractivity contribution in [1.82, 2.24) is 9.80 Å². The van der Waals surface area contributed by atoms with Crippen LogP contribution in [0, 0.1) is 5.82 Å². The van der Waals surface area contributed by atoms with Gasteiger partial charge >= 0.3 is 0 Å². The minimum Gasteiger partial charge on any atom is -0.380 e. The van der Waals surface area contributed by atoms with Crippen molar-refractivity contribution in [3.63, 3.8) is 0 Å². The van der Waals surface area contributed by atoms with Gasteiger partial charge in [0, 0.05) is 38.8 Å². The van der Waals surface area contributed by atoms with Gasteiger partial charge in [-0.05, 0) is 31.5 Å². The summed E-state index contributed by atoms with van der Waals surface area (Å²) in [5, 5.41) is 0. The van der Waals surface area contributed by atoms with Crippen LogP contribution in [0.4, 0.5) is 4.39 Å². The molecule has 1 heterocycles. The molecule has 2 rings (SSSR count). The normalized spacial score (nSPS) is 21.3.